The van der Waals surface area contributed by atoms with E-state index < -0.39 is 6.04 Å². The van der Waals surface area contributed by atoms with E-state index in [9.17, 15) is 9.59 Å². The number of hydrogen-bond acceptors (Lipinski definition) is 3. The van der Waals surface area contributed by atoms with Gasteiger partial charge in [-0.2, -0.15) is 0 Å². The Kier molecular flexibility index (Phi) is 5.42. The highest BCUT2D eigenvalue weighted by Gasteiger charge is 2.40. The van der Waals surface area contributed by atoms with Crippen LogP contribution in [0.1, 0.15) is 54.9 Å². The third-order valence-electron chi connectivity index (χ3n) is 3.58. The summed E-state index contributed by atoms with van der Waals surface area (Å²) in [6.45, 7) is 14.8. The molecule has 1 N–H and O–H groups in total. The van der Waals surface area contributed by atoms with Crippen molar-refractivity contribution in [1.29, 1.82) is 0 Å². The normalized spacial score (nSPS) is 24.8. The Morgan fingerprint density at radius 1 is 1.19 bits per heavy atom. The molecule has 1 heterocycles. The number of rotatable bonds is 3. The van der Waals surface area contributed by atoms with Crippen molar-refractivity contribution in [2.24, 2.45) is 5.41 Å². The molecular formula is C16H30N2O3. The fourth-order valence-electron chi connectivity index (χ4n) is 2.41. The molecular weight excluding hydrogens is 268 g/mol. The molecule has 1 rings (SSSR count). The van der Waals surface area contributed by atoms with Gasteiger partial charge in [-0.05, 0) is 33.1 Å². The van der Waals surface area contributed by atoms with E-state index in [0.29, 0.717) is 19.6 Å². The minimum Gasteiger partial charge on any atom is -0.374 e. The van der Waals surface area contributed by atoms with Crippen LogP contribution in [0.2, 0.25) is 0 Å². The molecule has 1 aliphatic rings. The maximum absolute atomic E-state index is 12.8. The molecule has 1 saturated heterocycles. The molecule has 0 spiro atoms. The summed E-state index contributed by atoms with van der Waals surface area (Å²) in [7, 11) is 0. The van der Waals surface area contributed by atoms with E-state index in [1.54, 1.807) is 4.90 Å². The SMILES string of the molecule is CC1CC(=O)NC(C(C)(C)C)C(=O)N1CCOC(C)(C)C. The van der Waals surface area contributed by atoms with Crippen molar-refractivity contribution in [2.75, 3.05) is 13.2 Å². The van der Waals surface area contributed by atoms with Crippen LogP contribution in [0.25, 0.3) is 0 Å². The van der Waals surface area contributed by atoms with Crippen LogP contribution in [0.3, 0.4) is 0 Å². The molecule has 2 atom stereocenters. The first kappa shape index (κ1) is 18.0. The third-order valence-corrected chi connectivity index (χ3v) is 3.58. The maximum atomic E-state index is 12.8. The zero-order valence-corrected chi connectivity index (χ0v) is 14.4. The quantitative estimate of drug-likeness (QED) is 0.866. The molecule has 5 nitrogen and oxygen atoms in total. The van der Waals surface area contributed by atoms with Gasteiger partial charge in [0.25, 0.3) is 0 Å². The summed E-state index contributed by atoms with van der Waals surface area (Å²) in [4.78, 5) is 26.5. The minimum absolute atomic E-state index is 0.0154. The summed E-state index contributed by atoms with van der Waals surface area (Å²) in [5, 5.41) is 2.86. The lowest BCUT2D eigenvalue weighted by molar-refractivity contribution is -0.139. The van der Waals surface area contributed by atoms with Gasteiger partial charge >= 0.3 is 0 Å². The van der Waals surface area contributed by atoms with E-state index in [2.05, 4.69) is 5.32 Å². The van der Waals surface area contributed by atoms with Gasteiger partial charge in [-0.15, -0.1) is 0 Å². The molecule has 0 aliphatic carbocycles. The highest BCUT2D eigenvalue weighted by molar-refractivity contribution is 5.91. The average Bonchev–Trinajstić information content (AvgIpc) is 2.37. The van der Waals surface area contributed by atoms with Crippen molar-refractivity contribution >= 4 is 11.8 Å². The Morgan fingerprint density at radius 2 is 1.76 bits per heavy atom. The summed E-state index contributed by atoms with van der Waals surface area (Å²) in [5.74, 6) is -0.0756. The summed E-state index contributed by atoms with van der Waals surface area (Å²) >= 11 is 0. The van der Waals surface area contributed by atoms with Gasteiger partial charge in [-0.1, -0.05) is 20.8 Å². The Hall–Kier alpha value is -1.10. The number of hydrogen-bond donors (Lipinski definition) is 1. The molecule has 0 aromatic rings. The van der Waals surface area contributed by atoms with Gasteiger partial charge in [0.2, 0.25) is 11.8 Å². The van der Waals surface area contributed by atoms with Crippen LogP contribution in [-0.2, 0) is 14.3 Å². The largest absolute Gasteiger partial charge is 0.374 e. The zero-order chi connectivity index (χ0) is 16.4. The number of ether oxygens (including phenoxy) is 1. The summed E-state index contributed by atoms with van der Waals surface area (Å²) in [6, 6.07) is -0.585. The first-order valence-electron chi connectivity index (χ1n) is 7.65. The number of carbonyl (C=O) groups excluding carboxylic acids is 2. The lowest BCUT2D eigenvalue weighted by Crippen LogP contribution is -2.53. The second kappa shape index (κ2) is 6.34. The lowest BCUT2D eigenvalue weighted by Gasteiger charge is -2.34. The summed E-state index contributed by atoms with van der Waals surface area (Å²) in [5.41, 5.74) is -0.532. The van der Waals surface area contributed by atoms with Crippen LogP contribution < -0.4 is 5.32 Å². The van der Waals surface area contributed by atoms with Gasteiger partial charge < -0.3 is 15.0 Å². The monoisotopic (exact) mass is 298 g/mol. The van der Waals surface area contributed by atoms with Gasteiger partial charge in [0.1, 0.15) is 6.04 Å². The molecule has 0 radical (unpaired) electrons. The molecule has 0 aromatic carbocycles. The average molecular weight is 298 g/mol. The molecule has 21 heavy (non-hydrogen) atoms. The van der Waals surface area contributed by atoms with Crippen LogP contribution >= 0.6 is 0 Å². The first-order chi connectivity index (χ1) is 9.42. The molecule has 1 aliphatic heterocycles. The second-order valence-electron chi connectivity index (χ2n) is 7.91. The number of nitrogens with one attached hydrogen (secondary N) is 1. The van der Waals surface area contributed by atoms with Crippen molar-refractivity contribution < 1.29 is 14.3 Å². The Balaban J connectivity index is 2.83. The predicted octanol–water partition coefficient (Wildman–Crippen LogP) is 1.95. The smallest absolute Gasteiger partial charge is 0.246 e. The molecule has 2 amide bonds. The molecule has 1 fully saturated rings. The zero-order valence-electron chi connectivity index (χ0n) is 14.4. The summed E-state index contributed by atoms with van der Waals surface area (Å²) < 4.78 is 5.72. The minimum atomic E-state index is -0.482. The lowest BCUT2D eigenvalue weighted by atomic mass is 9.86. The number of carbonyl (C=O) groups is 2. The van der Waals surface area contributed by atoms with E-state index in [0.717, 1.165) is 0 Å². The Bertz CT molecular complexity index is 393. The maximum Gasteiger partial charge on any atom is 0.246 e. The fourth-order valence-corrected chi connectivity index (χ4v) is 2.41. The van der Waals surface area contributed by atoms with Crippen molar-refractivity contribution in [2.45, 2.75) is 72.6 Å². The number of amides is 2. The van der Waals surface area contributed by atoms with Gasteiger partial charge in [0.05, 0.1) is 12.2 Å². The Morgan fingerprint density at radius 3 is 2.24 bits per heavy atom. The molecule has 2 unspecified atom stereocenters. The van der Waals surface area contributed by atoms with E-state index in [-0.39, 0.29) is 28.9 Å². The van der Waals surface area contributed by atoms with Crippen LogP contribution in [-0.4, -0.2) is 47.6 Å². The number of nitrogens with zero attached hydrogens (tertiary/aromatic N) is 1. The topological polar surface area (TPSA) is 58.6 Å². The Labute approximate surface area is 128 Å². The van der Waals surface area contributed by atoms with Crippen molar-refractivity contribution in [3.8, 4) is 0 Å². The van der Waals surface area contributed by atoms with Crippen molar-refractivity contribution in [1.82, 2.24) is 10.2 Å². The van der Waals surface area contributed by atoms with Crippen molar-refractivity contribution in [3.05, 3.63) is 0 Å². The van der Waals surface area contributed by atoms with Crippen LogP contribution in [0, 0.1) is 5.41 Å². The molecule has 122 valence electrons. The fraction of sp³-hybridized carbons (Fsp3) is 0.875. The second-order valence-corrected chi connectivity index (χ2v) is 7.91. The van der Waals surface area contributed by atoms with Gasteiger partial charge in [0, 0.05) is 19.0 Å². The van der Waals surface area contributed by atoms with E-state index >= 15 is 0 Å². The summed E-state index contributed by atoms with van der Waals surface area (Å²) in [6.07, 6.45) is 0.341. The van der Waals surface area contributed by atoms with Crippen LogP contribution in [0.4, 0.5) is 0 Å². The molecule has 0 aromatic heterocycles. The highest BCUT2D eigenvalue weighted by Crippen LogP contribution is 2.24. The molecule has 0 saturated carbocycles. The predicted molar refractivity (Wildman–Crippen MR) is 82.9 cm³/mol. The standard InChI is InChI=1S/C16H30N2O3/c1-11-10-12(19)17-13(15(2,3)4)14(20)18(11)8-9-21-16(5,6)7/h11,13H,8-10H2,1-7H3,(H,17,19). The van der Waals surface area contributed by atoms with E-state index in [4.69, 9.17) is 4.74 Å². The third kappa shape index (κ3) is 5.30. The van der Waals surface area contributed by atoms with Crippen LogP contribution in [0.5, 0.6) is 0 Å². The van der Waals surface area contributed by atoms with E-state index in [1.165, 1.54) is 0 Å². The van der Waals surface area contributed by atoms with Crippen molar-refractivity contribution in [3.63, 3.8) is 0 Å². The van der Waals surface area contributed by atoms with E-state index in [1.807, 2.05) is 48.5 Å². The van der Waals surface area contributed by atoms with Gasteiger partial charge in [0.15, 0.2) is 0 Å². The van der Waals surface area contributed by atoms with Gasteiger partial charge in [-0.3, -0.25) is 9.59 Å². The van der Waals surface area contributed by atoms with Gasteiger partial charge in [-0.25, -0.2) is 0 Å². The highest BCUT2D eigenvalue weighted by atomic mass is 16.5. The molecule has 5 heteroatoms. The van der Waals surface area contributed by atoms with Crippen LogP contribution in [0.15, 0.2) is 0 Å². The molecule has 0 bridgehead atoms. The first-order valence-corrected chi connectivity index (χ1v) is 7.65.